The highest BCUT2D eigenvalue weighted by Crippen LogP contribution is 2.25. The Morgan fingerprint density at radius 3 is 2.75 bits per heavy atom. The molecule has 1 aromatic heterocycles. The number of aryl methyl sites for hydroxylation is 2. The number of anilines is 1. The highest BCUT2D eigenvalue weighted by Gasteiger charge is 2.14. The smallest absolute Gasteiger partial charge is 0.274 e. The van der Waals surface area contributed by atoms with Crippen molar-refractivity contribution < 1.29 is 9.53 Å². The van der Waals surface area contributed by atoms with E-state index < -0.39 is 0 Å². The third kappa shape index (κ3) is 2.62. The van der Waals surface area contributed by atoms with E-state index in [0.29, 0.717) is 22.7 Å². The molecule has 102 valence electrons. The summed E-state index contributed by atoms with van der Waals surface area (Å²) in [7, 11) is 3.19. The van der Waals surface area contributed by atoms with Crippen molar-refractivity contribution in [3.05, 3.63) is 41.2 Å². The number of benzene rings is 1. The van der Waals surface area contributed by atoms with Gasteiger partial charge in [-0.3, -0.25) is 9.48 Å². The molecule has 0 saturated heterocycles. The number of nitrogens with one attached hydrogen (secondary N) is 1. The van der Waals surface area contributed by atoms with Gasteiger partial charge in [-0.1, -0.05) is 0 Å². The molecule has 0 bridgehead atoms. The molecule has 1 N–H and O–H groups in total. The van der Waals surface area contributed by atoms with Crippen LogP contribution in [-0.2, 0) is 7.05 Å². The quantitative estimate of drug-likeness (QED) is 0.923. The number of rotatable bonds is 3. The zero-order chi connectivity index (χ0) is 14.7. The van der Waals surface area contributed by atoms with Gasteiger partial charge in [0, 0.05) is 13.1 Å². The number of ether oxygens (including phenoxy) is 1. The lowest BCUT2D eigenvalue weighted by atomic mass is 10.2. The number of carbonyl (C=O) groups excluding carboxylic acids is 1. The minimum atomic E-state index is -0.281. The maximum Gasteiger partial charge on any atom is 0.274 e. The Labute approximate surface area is 116 Å². The number of aromatic nitrogens is 2. The van der Waals surface area contributed by atoms with Gasteiger partial charge in [0.15, 0.2) is 0 Å². The average Bonchev–Trinajstić information content (AvgIpc) is 2.78. The monoisotopic (exact) mass is 270 g/mol. The van der Waals surface area contributed by atoms with E-state index in [-0.39, 0.29) is 5.91 Å². The van der Waals surface area contributed by atoms with E-state index >= 15 is 0 Å². The van der Waals surface area contributed by atoms with Crippen molar-refractivity contribution in [3.63, 3.8) is 0 Å². The van der Waals surface area contributed by atoms with Crippen molar-refractivity contribution in [2.45, 2.75) is 6.92 Å². The van der Waals surface area contributed by atoms with Gasteiger partial charge in [0.2, 0.25) is 0 Å². The molecule has 2 aromatic rings. The maximum absolute atomic E-state index is 12.2. The summed E-state index contributed by atoms with van der Waals surface area (Å²) in [5.74, 6) is 0.160. The van der Waals surface area contributed by atoms with Gasteiger partial charge in [0.1, 0.15) is 11.4 Å². The van der Waals surface area contributed by atoms with Gasteiger partial charge in [0.05, 0.1) is 30.1 Å². The van der Waals surface area contributed by atoms with Crippen molar-refractivity contribution in [1.29, 1.82) is 5.26 Å². The summed E-state index contributed by atoms with van der Waals surface area (Å²) < 4.78 is 6.69. The van der Waals surface area contributed by atoms with Crippen molar-refractivity contribution in [1.82, 2.24) is 9.78 Å². The molecule has 0 unspecified atom stereocenters. The standard InChI is InChI=1S/C14H14N4O2/c1-9-6-12(18(2)17-9)14(19)16-11-5-4-10(8-15)7-13(11)20-3/h4-7H,1-3H3,(H,16,19). The molecule has 1 aromatic carbocycles. The van der Waals surface area contributed by atoms with Gasteiger partial charge >= 0.3 is 0 Å². The van der Waals surface area contributed by atoms with Crippen molar-refractivity contribution in [2.24, 2.45) is 7.05 Å². The molecule has 2 rings (SSSR count). The summed E-state index contributed by atoms with van der Waals surface area (Å²) in [6.07, 6.45) is 0. The van der Waals surface area contributed by atoms with Crippen molar-refractivity contribution >= 4 is 11.6 Å². The Kier molecular flexibility index (Phi) is 3.71. The van der Waals surface area contributed by atoms with E-state index in [4.69, 9.17) is 10.00 Å². The van der Waals surface area contributed by atoms with Crippen LogP contribution in [0.25, 0.3) is 0 Å². The fourth-order valence-electron chi connectivity index (χ4n) is 1.87. The molecule has 0 aliphatic heterocycles. The number of nitrogens with zero attached hydrogens (tertiary/aromatic N) is 3. The van der Waals surface area contributed by atoms with Gasteiger partial charge in [-0.05, 0) is 25.1 Å². The predicted octanol–water partition coefficient (Wildman–Crippen LogP) is 1.86. The topological polar surface area (TPSA) is 79.9 Å². The Hall–Kier alpha value is -2.81. The molecule has 1 amide bonds. The molecule has 20 heavy (non-hydrogen) atoms. The van der Waals surface area contributed by atoms with Crippen LogP contribution in [0, 0.1) is 18.3 Å². The van der Waals surface area contributed by atoms with Crippen LogP contribution in [0.15, 0.2) is 24.3 Å². The van der Waals surface area contributed by atoms with Crippen LogP contribution < -0.4 is 10.1 Å². The number of carbonyl (C=O) groups is 1. The minimum Gasteiger partial charge on any atom is -0.495 e. The van der Waals surface area contributed by atoms with Crippen LogP contribution in [0.1, 0.15) is 21.7 Å². The maximum atomic E-state index is 12.2. The van der Waals surface area contributed by atoms with Crippen LogP contribution in [0.5, 0.6) is 5.75 Å². The molecule has 0 fully saturated rings. The molecule has 6 heteroatoms. The fraction of sp³-hybridized carbons (Fsp3) is 0.214. The average molecular weight is 270 g/mol. The number of hydrogen-bond acceptors (Lipinski definition) is 4. The molecule has 1 heterocycles. The van der Waals surface area contributed by atoms with Gasteiger partial charge in [-0.15, -0.1) is 0 Å². The molecule has 0 saturated carbocycles. The lowest BCUT2D eigenvalue weighted by Crippen LogP contribution is -2.16. The minimum absolute atomic E-state index is 0.281. The second kappa shape index (κ2) is 5.45. The third-order valence-electron chi connectivity index (χ3n) is 2.81. The number of hydrogen-bond donors (Lipinski definition) is 1. The van der Waals surface area contributed by atoms with Crippen LogP contribution in [0.3, 0.4) is 0 Å². The molecule has 0 aliphatic carbocycles. The van der Waals surface area contributed by atoms with E-state index in [1.165, 1.54) is 11.8 Å². The number of amides is 1. The largest absolute Gasteiger partial charge is 0.495 e. The zero-order valence-corrected chi connectivity index (χ0v) is 11.5. The molecule has 0 atom stereocenters. The van der Waals surface area contributed by atoms with Crippen LogP contribution in [0.2, 0.25) is 0 Å². The Balaban J connectivity index is 2.28. The van der Waals surface area contributed by atoms with Crippen molar-refractivity contribution in [2.75, 3.05) is 12.4 Å². The summed E-state index contributed by atoms with van der Waals surface area (Å²) in [5.41, 5.74) is 2.20. The van der Waals surface area contributed by atoms with E-state index in [2.05, 4.69) is 10.4 Å². The summed E-state index contributed by atoms with van der Waals surface area (Å²) in [6.45, 7) is 1.82. The summed E-state index contributed by atoms with van der Waals surface area (Å²) in [6, 6.07) is 8.55. The highest BCUT2D eigenvalue weighted by atomic mass is 16.5. The normalized spacial score (nSPS) is 9.90. The van der Waals surface area contributed by atoms with Gasteiger partial charge in [-0.2, -0.15) is 10.4 Å². The summed E-state index contributed by atoms with van der Waals surface area (Å²) >= 11 is 0. The first-order valence-electron chi connectivity index (χ1n) is 5.95. The SMILES string of the molecule is COc1cc(C#N)ccc1NC(=O)c1cc(C)nn1C. The molecular formula is C14H14N4O2. The first-order chi connectivity index (χ1) is 9.55. The van der Waals surface area contributed by atoms with E-state index in [1.54, 1.807) is 31.3 Å². The Bertz CT molecular complexity index is 698. The molecule has 0 spiro atoms. The second-order valence-electron chi connectivity index (χ2n) is 4.28. The first kappa shape index (κ1) is 13.6. The van der Waals surface area contributed by atoms with Gasteiger partial charge in [0.25, 0.3) is 5.91 Å². The van der Waals surface area contributed by atoms with E-state index in [9.17, 15) is 4.79 Å². The van der Waals surface area contributed by atoms with Gasteiger partial charge in [-0.25, -0.2) is 0 Å². The predicted molar refractivity (Wildman–Crippen MR) is 73.6 cm³/mol. The van der Waals surface area contributed by atoms with E-state index in [0.717, 1.165) is 5.69 Å². The second-order valence-corrected chi connectivity index (χ2v) is 4.28. The molecule has 0 radical (unpaired) electrons. The lowest BCUT2D eigenvalue weighted by Gasteiger charge is -2.10. The van der Waals surface area contributed by atoms with Crippen LogP contribution in [0.4, 0.5) is 5.69 Å². The molecule has 0 aliphatic rings. The third-order valence-corrected chi connectivity index (χ3v) is 2.81. The van der Waals surface area contributed by atoms with Crippen LogP contribution >= 0.6 is 0 Å². The number of methoxy groups -OCH3 is 1. The molecule has 6 nitrogen and oxygen atoms in total. The lowest BCUT2D eigenvalue weighted by molar-refractivity contribution is 0.101. The van der Waals surface area contributed by atoms with Gasteiger partial charge < -0.3 is 10.1 Å². The first-order valence-corrected chi connectivity index (χ1v) is 5.95. The molecular weight excluding hydrogens is 256 g/mol. The Morgan fingerprint density at radius 2 is 2.20 bits per heavy atom. The summed E-state index contributed by atoms with van der Waals surface area (Å²) in [4.78, 5) is 12.2. The summed E-state index contributed by atoms with van der Waals surface area (Å²) in [5, 5.41) is 15.7. The fourth-order valence-corrected chi connectivity index (χ4v) is 1.87. The van der Waals surface area contributed by atoms with Crippen molar-refractivity contribution in [3.8, 4) is 11.8 Å². The highest BCUT2D eigenvalue weighted by molar-refractivity contribution is 6.04. The number of nitriles is 1. The Morgan fingerprint density at radius 1 is 1.45 bits per heavy atom. The zero-order valence-electron chi connectivity index (χ0n) is 11.5. The van der Waals surface area contributed by atoms with E-state index in [1.807, 2.05) is 13.0 Å². The van der Waals surface area contributed by atoms with Crippen LogP contribution in [-0.4, -0.2) is 22.8 Å².